The van der Waals surface area contributed by atoms with Crippen LogP contribution in [0.15, 0.2) is 77.6 Å². The summed E-state index contributed by atoms with van der Waals surface area (Å²) in [5.41, 5.74) is 3.24. The summed E-state index contributed by atoms with van der Waals surface area (Å²) in [4.78, 5) is 33.8. The second-order valence-electron chi connectivity index (χ2n) is 8.65. The van der Waals surface area contributed by atoms with Gasteiger partial charge in [0.2, 0.25) is 4.96 Å². The minimum atomic E-state index is -0.354. The molecule has 0 saturated carbocycles. The topological polar surface area (TPSA) is 76.8 Å². The summed E-state index contributed by atoms with van der Waals surface area (Å²) in [5.74, 6) is 1.00. The van der Waals surface area contributed by atoms with Crippen molar-refractivity contribution < 1.29 is 9.53 Å². The maximum absolute atomic E-state index is 13.6. The molecule has 1 aliphatic rings. The summed E-state index contributed by atoms with van der Waals surface area (Å²) >= 11 is 7.20. The van der Waals surface area contributed by atoms with Crippen molar-refractivity contribution in [2.75, 3.05) is 11.5 Å². The Hall–Kier alpha value is -4.01. The van der Waals surface area contributed by atoms with E-state index in [1.165, 1.54) is 15.9 Å². The van der Waals surface area contributed by atoms with Crippen molar-refractivity contribution in [2.45, 2.75) is 19.9 Å². The van der Waals surface area contributed by atoms with Crippen molar-refractivity contribution in [3.8, 4) is 17.1 Å². The first-order valence-corrected chi connectivity index (χ1v) is 13.1. The largest absolute Gasteiger partial charge is 0.494 e. The maximum atomic E-state index is 13.6. The molecular formula is C28H21ClN4O3S. The van der Waals surface area contributed by atoms with Crippen LogP contribution in [-0.4, -0.2) is 27.1 Å². The molecule has 0 saturated heterocycles. The highest BCUT2D eigenvalue weighted by Crippen LogP contribution is 2.36. The number of para-hydroxylation sites is 1. The second kappa shape index (κ2) is 9.46. The first kappa shape index (κ1) is 23.4. The Morgan fingerprint density at radius 1 is 0.973 bits per heavy atom. The summed E-state index contributed by atoms with van der Waals surface area (Å²) in [6, 6.07) is 22.4. The number of amides is 1. The number of benzene rings is 3. The van der Waals surface area contributed by atoms with Gasteiger partial charge in [-0.05, 0) is 54.4 Å². The van der Waals surface area contributed by atoms with Crippen LogP contribution in [0.4, 0.5) is 5.69 Å². The number of hydrogen-bond acceptors (Lipinski definition) is 6. The molecule has 5 aromatic rings. The molecule has 1 amide bonds. The van der Waals surface area contributed by atoms with Gasteiger partial charge < -0.3 is 9.64 Å². The molecule has 0 radical (unpaired) electrons. The van der Waals surface area contributed by atoms with Crippen LogP contribution in [0.2, 0.25) is 5.02 Å². The predicted molar refractivity (Wildman–Crippen MR) is 145 cm³/mol. The standard InChI is InChI=1S/C28H21ClN4O3S/c1-2-15-36-20-13-9-18(10-14-20)25-30-28-33(31-25)27(35)24(37-28)23-21-5-3-4-6-22(21)32(26(23)34)16-17-7-11-19(29)12-8-17/h3-14H,2,15-16H2,1H3. The lowest BCUT2D eigenvalue weighted by Gasteiger charge is -2.17. The van der Waals surface area contributed by atoms with Gasteiger partial charge in [0, 0.05) is 16.1 Å². The number of carbonyl (C=O) groups is 1. The summed E-state index contributed by atoms with van der Waals surface area (Å²) < 4.78 is 7.25. The zero-order valence-electron chi connectivity index (χ0n) is 19.8. The lowest BCUT2D eigenvalue weighted by Crippen LogP contribution is -2.32. The first-order valence-electron chi connectivity index (χ1n) is 11.9. The van der Waals surface area contributed by atoms with Crippen molar-refractivity contribution in [3.63, 3.8) is 0 Å². The number of nitrogens with zero attached hydrogens (tertiary/aromatic N) is 4. The molecule has 0 unspecified atom stereocenters. The van der Waals surface area contributed by atoms with Crippen LogP contribution in [0, 0.1) is 0 Å². The van der Waals surface area contributed by atoms with E-state index in [-0.39, 0.29) is 11.5 Å². The molecule has 0 aliphatic carbocycles. The number of fused-ring (bicyclic) bond motifs is 2. The number of carbonyl (C=O) groups excluding carboxylic acids is 1. The van der Waals surface area contributed by atoms with E-state index in [9.17, 15) is 9.59 Å². The third kappa shape index (κ3) is 4.18. The van der Waals surface area contributed by atoms with Gasteiger partial charge in [0.25, 0.3) is 11.5 Å². The van der Waals surface area contributed by atoms with Crippen LogP contribution in [0.25, 0.3) is 21.9 Å². The molecule has 0 fully saturated rings. The van der Waals surface area contributed by atoms with Gasteiger partial charge in [0.05, 0.1) is 24.4 Å². The van der Waals surface area contributed by atoms with Crippen molar-refractivity contribution in [1.29, 1.82) is 0 Å². The Morgan fingerprint density at radius 2 is 1.73 bits per heavy atom. The van der Waals surface area contributed by atoms with Crippen LogP contribution < -0.4 is 19.7 Å². The van der Waals surface area contributed by atoms with E-state index in [1.54, 1.807) is 17.0 Å². The Kier molecular flexibility index (Phi) is 5.98. The summed E-state index contributed by atoms with van der Waals surface area (Å²) in [5, 5.41) is 5.09. The van der Waals surface area contributed by atoms with E-state index in [0.29, 0.717) is 39.1 Å². The van der Waals surface area contributed by atoms with Crippen molar-refractivity contribution >= 4 is 45.1 Å². The minimum Gasteiger partial charge on any atom is -0.494 e. The van der Waals surface area contributed by atoms with Crippen LogP contribution >= 0.6 is 22.9 Å². The number of ether oxygens (including phenoxy) is 1. The number of aromatic nitrogens is 3. The van der Waals surface area contributed by atoms with Gasteiger partial charge in [-0.3, -0.25) is 9.59 Å². The number of anilines is 1. The van der Waals surface area contributed by atoms with Gasteiger partial charge in [0.15, 0.2) is 5.82 Å². The van der Waals surface area contributed by atoms with Gasteiger partial charge in [-0.1, -0.05) is 60.2 Å². The normalized spacial score (nSPS) is 14.4. The SMILES string of the molecule is CCCOc1ccc(-c2nc3sc(=C4C(=O)N(Cc5ccc(Cl)cc5)c5ccccc54)c(=O)n3n2)cc1. The smallest absolute Gasteiger partial charge is 0.291 e. The monoisotopic (exact) mass is 528 g/mol. The molecule has 0 spiro atoms. The molecule has 6 rings (SSSR count). The molecule has 2 aromatic heterocycles. The highest BCUT2D eigenvalue weighted by molar-refractivity contribution is 7.15. The average molecular weight is 529 g/mol. The molecule has 0 atom stereocenters. The molecule has 3 aromatic carbocycles. The fourth-order valence-corrected chi connectivity index (χ4v) is 5.48. The highest BCUT2D eigenvalue weighted by Gasteiger charge is 2.34. The van der Waals surface area contributed by atoms with Crippen LogP contribution in [0.1, 0.15) is 24.5 Å². The van der Waals surface area contributed by atoms with Crippen molar-refractivity contribution in [3.05, 3.63) is 104 Å². The van der Waals surface area contributed by atoms with Gasteiger partial charge in [0.1, 0.15) is 10.3 Å². The van der Waals surface area contributed by atoms with Crippen LogP contribution in [0.5, 0.6) is 5.75 Å². The van der Waals surface area contributed by atoms with Gasteiger partial charge in [-0.25, -0.2) is 0 Å². The van der Waals surface area contributed by atoms with Crippen LogP contribution in [-0.2, 0) is 11.3 Å². The Balaban J connectivity index is 1.40. The van der Waals surface area contributed by atoms with Crippen molar-refractivity contribution in [2.24, 2.45) is 0 Å². The molecule has 184 valence electrons. The first-order chi connectivity index (χ1) is 18.0. The Morgan fingerprint density at radius 3 is 2.46 bits per heavy atom. The fourth-order valence-electron chi connectivity index (χ4n) is 4.36. The van der Waals surface area contributed by atoms with Gasteiger partial charge in [-0.15, -0.1) is 5.10 Å². The summed E-state index contributed by atoms with van der Waals surface area (Å²) in [7, 11) is 0. The Bertz CT molecular complexity index is 1740. The van der Waals surface area contributed by atoms with Gasteiger partial charge >= 0.3 is 0 Å². The van der Waals surface area contributed by atoms with E-state index in [2.05, 4.69) is 17.0 Å². The Labute approximate surface area is 221 Å². The van der Waals surface area contributed by atoms with E-state index in [0.717, 1.165) is 34.5 Å². The third-order valence-electron chi connectivity index (χ3n) is 6.15. The summed E-state index contributed by atoms with van der Waals surface area (Å²) in [6.45, 7) is 3.07. The molecule has 1 aliphatic heterocycles. The lowest BCUT2D eigenvalue weighted by molar-refractivity contribution is -0.113. The molecule has 0 bridgehead atoms. The fraction of sp³-hybridized carbons (Fsp3) is 0.143. The van der Waals surface area contributed by atoms with E-state index in [1.807, 2.05) is 60.7 Å². The quantitative estimate of drug-likeness (QED) is 0.318. The molecule has 7 nitrogen and oxygen atoms in total. The average Bonchev–Trinajstić information content (AvgIpc) is 3.55. The molecular weight excluding hydrogens is 508 g/mol. The lowest BCUT2D eigenvalue weighted by atomic mass is 10.1. The van der Waals surface area contributed by atoms with E-state index in [4.69, 9.17) is 16.3 Å². The maximum Gasteiger partial charge on any atom is 0.291 e. The minimum absolute atomic E-state index is 0.222. The molecule has 0 N–H and O–H groups in total. The number of hydrogen-bond donors (Lipinski definition) is 0. The number of rotatable bonds is 6. The van der Waals surface area contributed by atoms with E-state index < -0.39 is 0 Å². The zero-order chi connectivity index (χ0) is 25.5. The van der Waals surface area contributed by atoms with Crippen LogP contribution in [0.3, 0.4) is 0 Å². The molecule has 3 heterocycles. The molecule has 9 heteroatoms. The number of halogens is 1. The predicted octanol–water partition coefficient (Wildman–Crippen LogP) is 4.72. The second-order valence-corrected chi connectivity index (χ2v) is 10.1. The van der Waals surface area contributed by atoms with Crippen molar-refractivity contribution in [1.82, 2.24) is 14.6 Å². The highest BCUT2D eigenvalue weighted by atomic mass is 35.5. The van der Waals surface area contributed by atoms with Gasteiger partial charge in [-0.2, -0.15) is 9.50 Å². The summed E-state index contributed by atoms with van der Waals surface area (Å²) in [6.07, 6.45) is 0.931. The number of thiazole rings is 1. The third-order valence-corrected chi connectivity index (χ3v) is 7.43. The zero-order valence-corrected chi connectivity index (χ0v) is 21.4. The van der Waals surface area contributed by atoms with E-state index >= 15 is 0 Å². The molecule has 37 heavy (non-hydrogen) atoms.